The molecule has 1 aliphatic rings. The van der Waals surface area contributed by atoms with Gasteiger partial charge in [-0.25, -0.2) is 0 Å². The fraction of sp³-hybridized carbons (Fsp3) is 1.00. The van der Waals surface area contributed by atoms with Gasteiger partial charge in [0.1, 0.15) is 0 Å². The van der Waals surface area contributed by atoms with Gasteiger partial charge < -0.3 is 0 Å². The van der Waals surface area contributed by atoms with Crippen molar-refractivity contribution in [1.82, 2.24) is 0 Å². The predicted octanol–water partition coefficient (Wildman–Crippen LogP) is 8.64. The molecule has 1 heterocycles. The Kier molecular flexibility index (Phi) is 8.59. The van der Waals surface area contributed by atoms with Gasteiger partial charge in [0.05, 0.1) is 30.4 Å². The molecule has 0 fully saturated rings. The van der Waals surface area contributed by atoms with Gasteiger partial charge in [0.15, 0.2) is 0 Å². The van der Waals surface area contributed by atoms with Crippen LogP contribution in [0.1, 0.15) is 83.1 Å². The highest BCUT2D eigenvalue weighted by Crippen LogP contribution is 2.48. The van der Waals surface area contributed by atoms with Gasteiger partial charge in [-0.15, -0.1) is 0 Å². The Balaban J connectivity index is 4.33. The van der Waals surface area contributed by atoms with E-state index in [1.807, 2.05) is 0 Å². The third-order valence-corrected chi connectivity index (χ3v) is 180. The van der Waals surface area contributed by atoms with E-state index >= 15 is 0 Å². The molecule has 188 valence electrons. The summed E-state index contributed by atoms with van der Waals surface area (Å²) < 4.78 is 0. The summed E-state index contributed by atoms with van der Waals surface area (Å²) in [6.07, 6.45) is 0. The van der Waals surface area contributed by atoms with Gasteiger partial charge in [-0.05, 0) is 47.9 Å². The zero-order chi connectivity index (χ0) is 26.3. The first-order valence-electron chi connectivity index (χ1n) is 13.0. The lowest BCUT2D eigenvalue weighted by molar-refractivity contribution is 0.731. The fourth-order valence-corrected chi connectivity index (χ4v) is 339. The third kappa shape index (κ3) is 4.96. The van der Waals surface area contributed by atoms with Crippen LogP contribution in [0.15, 0.2) is 0 Å². The third-order valence-electron chi connectivity index (χ3n) is 11.0. The maximum atomic E-state index is 2.90. The van der Waals surface area contributed by atoms with Gasteiger partial charge in [0.2, 0.25) is 0 Å². The van der Waals surface area contributed by atoms with Crippen molar-refractivity contribution in [1.29, 1.82) is 0 Å². The Morgan fingerprint density at radius 3 is 0.438 bits per heavy atom. The molecule has 0 saturated carbocycles. The van der Waals surface area contributed by atoms with E-state index in [2.05, 4.69) is 135 Å². The molecule has 8 heteroatoms. The predicted molar refractivity (Wildman–Crippen MR) is 172 cm³/mol. The molecule has 0 N–H and O–H groups in total. The lowest BCUT2D eigenvalue weighted by atomic mass is 10.2. The molecule has 0 saturated heterocycles. The van der Waals surface area contributed by atoms with Crippen LogP contribution in [0.2, 0.25) is 72.5 Å². The smallest absolute Gasteiger partial charge is 0.0584 e. The highest BCUT2D eigenvalue weighted by Gasteiger charge is 2.61. The Bertz CT molecular complexity index is 665. The maximum absolute atomic E-state index is 2.90. The summed E-state index contributed by atoms with van der Waals surface area (Å²) in [7, 11) is -5.18. The van der Waals surface area contributed by atoms with Crippen molar-refractivity contribution in [2.45, 2.75) is 156 Å². The second-order valence-corrected chi connectivity index (χ2v) is 90.0. The average molecular weight is 573 g/mol. The van der Waals surface area contributed by atoms with Gasteiger partial charge >= 0.3 is 0 Å². The minimum Gasteiger partial charge on any atom is -0.0688 e. The van der Waals surface area contributed by atoms with Crippen LogP contribution < -0.4 is 0 Å². The zero-order valence-corrected chi connectivity index (χ0v) is 34.0. The summed E-state index contributed by atoms with van der Waals surface area (Å²) in [5, 5.41) is 2.27. The first-order chi connectivity index (χ1) is 13.5. The number of hydrogen-bond donors (Lipinski definition) is 0. The molecule has 0 amide bonds. The Hall–Kier alpha value is 1.74. The van der Waals surface area contributed by atoms with Crippen LogP contribution in [-0.2, 0) is 0 Å². The van der Waals surface area contributed by atoms with Crippen LogP contribution in [0.4, 0.5) is 0 Å². The molecule has 1 rings (SSSR count). The van der Waals surface area contributed by atoms with Crippen molar-refractivity contribution in [3.8, 4) is 0 Å². The van der Waals surface area contributed by atoms with Gasteiger partial charge in [-0.2, -0.15) is 0 Å². The minimum absolute atomic E-state index is 0.182. The van der Waals surface area contributed by atoms with Crippen LogP contribution in [0.25, 0.3) is 0 Å². The summed E-state index contributed by atoms with van der Waals surface area (Å²) in [5.41, 5.74) is 0. The normalized spacial score (nSPS) is 18.4. The molecule has 0 spiro atoms. The molecule has 0 unspecified atom stereocenters. The van der Waals surface area contributed by atoms with Crippen molar-refractivity contribution in [2.24, 2.45) is 0 Å². The first-order valence-corrected chi connectivity index (χ1v) is 39.0. The quantitative estimate of drug-likeness (QED) is 0.296. The minimum atomic E-state index is -1.30. The number of rotatable bonds is 4. The van der Waals surface area contributed by atoms with E-state index in [-0.39, 0.29) is 27.7 Å². The second-order valence-electron chi connectivity index (χ2n) is 17.0. The molecule has 1 aliphatic heterocycles. The van der Waals surface area contributed by atoms with Crippen LogP contribution in [-0.4, -0.2) is 58.1 Å². The molecule has 0 aromatic carbocycles. The van der Waals surface area contributed by atoms with E-state index in [4.69, 9.17) is 0 Å². The van der Waals surface area contributed by atoms with Crippen LogP contribution >= 0.6 is 0 Å². The molecule has 0 aromatic rings. The summed E-state index contributed by atoms with van der Waals surface area (Å²) in [4.78, 5) is 0. The van der Waals surface area contributed by atoms with E-state index in [1.54, 1.807) is 0 Å². The summed E-state index contributed by atoms with van der Waals surface area (Å²) in [6.45, 7) is 54.4. The highest BCUT2D eigenvalue weighted by molar-refractivity contribution is 8.05. The van der Waals surface area contributed by atoms with Gasteiger partial charge in [-0.3, -0.25) is 0 Å². The van der Waals surface area contributed by atoms with Crippen LogP contribution in [0.5, 0.6) is 0 Å². The van der Waals surface area contributed by atoms with Gasteiger partial charge in [0, 0.05) is 0 Å². The largest absolute Gasteiger partial charge is 0.0688 e. The van der Waals surface area contributed by atoms with Crippen molar-refractivity contribution < 1.29 is 0 Å². The molecule has 32 heavy (non-hydrogen) atoms. The molecule has 0 radical (unpaired) electrons. The Morgan fingerprint density at radius 1 is 0.281 bits per heavy atom. The summed E-state index contributed by atoms with van der Waals surface area (Å²) >= 11 is 0. The summed E-state index contributed by atoms with van der Waals surface area (Å²) in [5.74, 6) is 0. The molecular formula is C24H60Si8. The Morgan fingerprint density at radius 2 is 0.375 bits per heavy atom. The number of hydrogen-bond acceptors (Lipinski definition) is 0. The molecule has 0 aliphatic carbocycles. The molecule has 0 bridgehead atoms. The average Bonchev–Trinajstić information content (AvgIpc) is 2.39. The van der Waals surface area contributed by atoms with Crippen LogP contribution in [0.3, 0.4) is 0 Å². The van der Waals surface area contributed by atoms with Crippen molar-refractivity contribution >= 4 is 58.1 Å². The monoisotopic (exact) mass is 572 g/mol. The van der Waals surface area contributed by atoms with Crippen molar-refractivity contribution in [3.63, 3.8) is 0 Å². The molecule has 0 aromatic heterocycles. The lowest BCUT2D eigenvalue weighted by Gasteiger charge is -2.60. The second kappa shape index (κ2) is 8.65. The molecular weight excluding hydrogens is 513 g/mol. The SMILES string of the molecule is CC(C)(C)[Si](C)(C)[Si]1=[Si]([Si](C)(C)C(C)(C)C)[Si]([Si](C)(C)C(C)(C)C)=[Si]1[Si](C)(C)C(C)(C)C. The van der Waals surface area contributed by atoms with Gasteiger partial charge in [0.25, 0.3) is 0 Å². The first kappa shape index (κ1) is 31.8. The Labute approximate surface area is 212 Å². The van der Waals surface area contributed by atoms with E-state index < -0.39 is 30.4 Å². The van der Waals surface area contributed by atoms with E-state index in [9.17, 15) is 0 Å². The van der Waals surface area contributed by atoms with E-state index in [0.717, 1.165) is 0 Å². The van der Waals surface area contributed by atoms with Crippen LogP contribution in [0, 0.1) is 0 Å². The molecule has 0 nitrogen and oxygen atoms in total. The lowest BCUT2D eigenvalue weighted by Crippen LogP contribution is -2.84. The van der Waals surface area contributed by atoms with Gasteiger partial charge in [-0.1, -0.05) is 135 Å². The van der Waals surface area contributed by atoms with E-state index in [1.165, 1.54) is 0 Å². The standard InChI is InChI=1S/C24H60Si8/c1-21(2,3)29(13,14)25-26(30(15,16)22(4,5)6)28(32(19,20)24(10,11)12)27(25)31(17,18)23(7,8)9/h1-20H3. The summed E-state index contributed by atoms with van der Waals surface area (Å²) in [6, 6.07) is 0. The zero-order valence-electron chi connectivity index (χ0n) is 26.0. The fourth-order valence-electron chi connectivity index (χ4n) is 4.44. The molecule has 0 atom stereocenters. The topological polar surface area (TPSA) is 0 Å². The maximum Gasteiger partial charge on any atom is 0.0584 e. The van der Waals surface area contributed by atoms with Crippen molar-refractivity contribution in [3.05, 3.63) is 0 Å². The highest BCUT2D eigenvalue weighted by atomic mass is 30.3. The van der Waals surface area contributed by atoms with E-state index in [0.29, 0.717) is 20.2 Å². The van der Waals surface area contributed by atoms with Crippen molar-refractivity contribution in [2.75, 3.05) is 0 Å².